The lowest BCUT2D eigenvalue weighted by atomic mass is 10.1. The molecule has 0 fully saturated rings. The van der Waals surface area contributed by atoms with Crippen molar-refractivity contribution < 1.29 is 5.21 Å². The van der Waals surface area contributed by atoms with E-state index < -0.39 is 0 Å². The third-order valence-corrected chi connectivity index (χ3v) is 3.11. The van der Waals surface area contributed by atoms with Crippen molar-refractivity contribution in [3.8, 4) is 0 Å². The fourth-order valence-corrected chi connectivity index (χ4v) is 2.12. The number of rotatable bonds is 6. The van der Waals surface area contributed by atoms with Gasteiger partial charge in [0.25, 0.3) is 0 Å². The van der Waals surface area contributed by atoms with Crippen LogP contribution in [0.3, 0.4) is 0 Å². The van der Waals surface area contributed by atoms with E-state index in [-0.39, 0.29) is 0 Å². The molecule has 0 aliphatic carbocycles. The first-order valence-electron chi connectivity index (χ1n) is 5.13. The minimum Gasteiger partial charge on any atom is -0.411 e. The van der Waals surface area contributed by atoms with Gasteiger partial charge in [-0.25, -0.2) is 0 Å². The van der Waals surface area contributed by atoms with E-state index in [9.17, 15) is 0 Å². The highest BCUT2D eigenvalue weighted by Gasteiger charge is 2.04. The van der Waals surface area contributed by atoms with Gasteiger partial charge >= 0.3 is 0 Å². The highest BCUT2D eigenvalue weighted by atomic mass is 32.1. The molecule has 0 saturated carbocycles. The van der Waals surface area contributed by atoms with Gasteiger partial charge in [0.05, 0.1) is 10.6 Å². The van der Waals surface area contributed by atoms with Crippen molar-refractivity contribution >= 4 is 17.0 Å². The first-order chi connectivity index (χ1) is 6.88. The summed E-state index contributed by atoms with van der Waals surface area (Å²) in [5.41, 5.74) is 0.830. The number of thiophene rings is 1. The van der Waals surface area contributed by atoms with Crippen LogP contribution in [0.5, 0.6) is 0 Å². The Kier molecular flexibility index (Phi) is 5.30. The first-order valence-corrected chi connectivity index (χ1v) is 6.01. The van der Waals surface area contributed by atoms with Crippen LogP contribution in [-0.2, 0) is 0 Å². The Balaban J connectivity index is 2.34. The Hall–Kier alpha value is -0.830. The number of unbranched alkanes of at least 4 members (excludes halogenated alkanes) is 3. The SMILES string of the molecule is CCCCCCC(=NO)c1cccs1. The molecule has 0 aliphatic heterocycles. The molecule has 0 bridgehead atoms. The topological polar surface area (TPSA) is 32.6 Å². The molecule has 3 heteroatoms. The van der Waals surface area contributed by atoms with Crippen LogP contribution in [0.1, 0.15) is 43.9 Å². The van der Waals surface area contributed by atoms with E-state index in [1.807, 2.05) is 17.5 Å². The van der Waals surface area contributed by atoms with Gasteiger partial charge in [-0.3, -0.25) is 0 Å². The maximum absolute atomic E-state index is 8.85. The van der Waals surface area contributed by atoms with Crippen molar-refractivity contribution in [1.82, 2.24) is 0 Å². The lowest BCUT2D eigenvalue weighted by Gasteiger charge is -2.00. The van der Waals surface area contributed by atoms with Gasteiger partial charge in [0.1, 0.15) is 0 Å². The second kappa shape index (κ2) is 6.60. The summed E-state index contributed by atoms with van der Waals surface area (Å²) < 4.78 is 0. The average Bonchev–Trinajstić information content (AvgIpc) is 2.71. The standard InChI is InChI=1S/C11H17NOS/c1-2-3-4-5-7-10(12-13)11-8-6-9-14-11/h6,8-9,13H,2-5,7H2,1H3. The van der Waals surface area contributed by atoms with E-state index in [1.54, 1.807) is 11.3 Å². The van der Waals surface area contributed by atoms with Crippen molar-refractivity contribution in [2.45, 2.75) is 39.0 Å². The van der Waals surface area contributed by atoms with E-state index in [2.05, 4.69) is 12.1 Å². The second-order valence-electron chi connectivity index (χ2n) is 3.33. The maximum atomic E-state index is 8.85. The zero-order chi connectivity index (χ0) is 10.2. The largest absolute Gasteiger partial charge is 0.411 e. The zero-order valence-electron chi connectivity index (χ0n) is 8.57. The molecule has 0 amide bonds. The van der Waals surface area contributed by atoms with Gasteiger partial charge in [-0.1, -0.05) is 37.4 Å². The van der Waals surface area contributed by atoms with Crippen molar-refractivity contribution in [3.63, 3.8) is 0 Å². The van der Waals surface area contributed by atoms with Crippen LogP contribution in [0.4, 0.5) is 0 Å². The highest BCUT2D eigenvalue weighted by Crippen LogP contribution is 2.14. The lowest BCUT2D eigenvalue weighted by molar-refractivity contribution is 0.318. The molecule has 0 spiro atoms. The molecule has 14 heavy (non-hydrogen) atoms. The Morgan fingerprint density at radius 1 is 1.43 bits per heavy atom. The van der Waals surface area contributed by atoms with E-state index in [1.165, 1.54) is 19.3 Å². The summed E-state index contributed by atoms with van der Waals surface area (Å²) in [6.45, 7) is 2.19. The van der Waals surface area contributed by atoms with E-state index in [0.717, 1.165) is 23.4 Å². The van der Waals surface area contributed by atoms with Gasteiger partial charge in [0, 0.05) is 0 Å². The van der Waals surface area contributed by atoms with Crippen LogP contribution in [-0.4, -0.2) is 10.9 Å². The Bertz CT molecular complexity index is 267. The summed E-state index contributed by atoms with van der Waals surface area (Å²) in [6.07, 6.45) is 5.73. The number of oxime groups is 1. The molecule has 1 N–H and O–H groups in total. The molecule has 0 aromatic carbocycles. The second-order valence-corrected chi connectivity index (χ2v) is 4.28. The molecular formula is C11H17NOS. The normalized spacial score (nSPS) is 11.9. The van der Waals surface area contributed by atoms with Crippen LogP contribution >= 0.6 is 11.3 Å². The Morgan fingerprint density at radius 2 is 2.29 bits per heavy atom. The number of hydrogen-bond donors (Lipinski definition) is 1. The summed E-state index contributed by atoms with van der Waals surface area (Å²) >= 11 is 1.63. The molecular weight excluding hydrogens is 194 g/mol. The van der Waals surface area contributed by atoms with E-state index in [4.69, 9.17) is 5.21 Å². The fraction of sp³-hybridized carbons (Fsp3) is 0.545. The molecule has 0 unspecified atom stereocenters. The third-order valence-electron chi connectivity index (χ3n) is 2.19. The fourth-order valence-electron chi connectivity index (χ4n) is 1.38. The van der Waals surface area contributed by atoms with Gasteiger partial charge in [-0.05, 0) is 24.3 Å². The summed E-state index contributed by atoms with van der Waals surface area (Å²) in [5.74, 6) is 0. The van der Waals surface area contributed by atoms with Gasteiger partial charge in [0.15, 0.2) is 0 Å². The average molecular weight is 211 g/mol. The number of nitrogens with zero attached hydrogens (tertiary/aromatic N) is 1. The zero-order valence-corrected chi connectivity index (χ0v) is 9.39. The highest BCUT2D eigenvalue weighted by molar-refractivity contribution is 7.12. The first kappa shape index (κ1) is 11.2. The molecule has 1 heterocycles. The van der Waals surface area contributed by atoms with Crippen molar-refractivity contribution in [2.75, 3.05) is 0 Å². The van der Waals surface area contributed by atoms with Crippen molar-refractivity contribution in [1.29, 1.82) is 0 Å². The monoisotopic (exact) mass is 211 g/mol. The van der Waals surface area contributed by atoms with Gasteiger partial charge in [-0.15, -0.1) is 11.3 Å². The Morgan fingerprint density at radius 3 is 2.86 bits per heavy atom. The summed E-state index contributed by atoms with van der Waals surface area (Å²) in [4.78, 5) is 1.09. The minimum atomic E-state index is 0.830. The molecule has 0 aliphatic rings. The predicted octanol–water partition coefficient (Wildman–Crippen LogP) is 3.90. The summed E-state index contributed by atoms with van der Waals surface area (Å²) in [7, 11) is 0. The van der Waals surface area contributed by atoms with Crippen molar-refractivity contribution in [3.05, 3.63) is 22.4 Å². The summed E-state index contributed by atoms with van der Waals surface area (Å²) in [5, 5.41) is 14.2. The van der Waals surface area contributed by atoms with Gasteiger partial charge in [-0.2, -0.15) is 0 Å². The summed E-state index contributed by atoms with van der Waals surface area (Å²) in [6, 6.07) is 3.98. The molecule has 0 saturated heterocycles. The van der Waals surface area contributed by atoms with E-state index in [0.29, 0.717) is 0 Å². The molecule has 78 valence electrons. The van der Waals surface area contributed by atoms with Gasteiger partial charge in [0.2, 0.25) is 0 Å². The number of hydrogen-bond acceptors (Lipinski definition) is 3. The third kappa shape index (κ3) is 3.50. The molecule has 1 aromatic rings. The molecule has 0 radical (unpaired) electrons. The van der Waals surface area contributed by atoms with Crippen LogP contribution < -0.4 is 0 Å². The smallest absolute Gasteiger partial charge is 0.0967 e. The molecule has 0 atom stereocenters. The van der Waals surface area contributed by atoms with Crippen LogP contribution in [0.25, 0.3) is 0 Å². The van der Waals surface area contributed by atoms with Crippen molar-refractivity contribution in [2.24, 2.45) is 5.16 Å². The van der Waals surface area contributed by atoms with Crippen LogP contribution in [0.2, 0.25) is 0 Å². The Labute approximate surface area is 89.3 Å². The lowest BCUT2D eigenvalue weighted by Crippen LogP contribution is -1.97. The maximum Gasteiger partial charge on any atom is 0.0967 e. The quantitative estimate of drug-likeness (QED) is 0.329. The van der Waals surface area contributed by atoms with Crippen LogP contribution in [0, 0.1) is 0 Å². The molecule has 2 nitrogen and oxygen atoms in total. The van der Waals surface area contributed by atoms with Gasteiger partial charge < -0.3 is 5.21 Å². The van der Waals surface area contributed by atoms with Crippen LogP contribution in [0.15, 0.2) is 22.7 Å². The molecule has 1 aromatic heterocycles. The van der Waals surface area contributed by atoms with E-state index >= 15 is 0 Å². The predicted molar refractivity (Wildman–Crippen MR) is 61.4 cm³/mol. The molecule has 1 rings (SSSR count). The minimum absolute atomic E-state index is 0.830.